The molecule has 27 heavy (non-hydrogen) atoms. The van der Waals surface area contributed by atoms with Gasteiger partial charge in [-0.2, -0.15) is 0 Å². The van der Waals surface area contributed by atoms with Crippen LogP contribution in [0, 0.1) is 13.8 Å². The number of hydrazine groups is 1. The second kappa shape index (κ2) is 9.47. The Morgan fingerprint density at radius 1 is 0.926 bits per heavy atom. The molecule has 1 unspecified atom stereocenters. The molecular weight excluding hydrogens is 348 g/mol. The fourth-order valence-electron chi connectivity index (χ4n) is 2.13. The number of nitrogens with one attached hydrogen (secondary N) is 2. The molecule has 0 radical (unpaired) electrons. The summed E-state index contributed by atoms with van der Waals surface area (Å²) < 4.78 is 16.0. The largest absolute Gasteiger partial charge is 0.497 e. The molecule has 7 heteroatoms. The van der Waals surface area contributed by atoms with E-state index in [1.54, 1.807) is 44.4 Å². The van der Waals surface area contributed by atoms with Crippen molar-refractivity contribution in [2.75, 3.05) is 13.7 Å². The number of aryl methyl sites for hydroxylation is 2. The molecule has 2 rings (SSSR count). The number of amides is 2. The molecule has 144 valence electrons. The van der Waals surface area contributed by atoms with Crippen LogP contribution in [-0.4, -0.2) is 31.6 Å². The summed E-state index contributed by atoms with van der Waals surface area (Å²) in [7, 11) is 1.57. The molecule has 2 amide bonds. The molecule has 0 fully saturated rings. The summed E-state index contributed by atoms with van der Waals surface area (Å²) >= 11 is 0. The Balaban J connectivity index is 1.74. The maximum Gasteiger partial charge on any atom is 0.279 e. The lowest BCUT2D eigenvalue weighted by Gasteiger charge is -2.16. The lowest BCUT2D eigenvalue weighted by Crippen LogP contribution is -2.48. The van der Waals surface area contributed by atoms with E-state index in [9.17, 15) is 9.59 Å². The molecule has 0 aliphatic carbocycles. The standard InChI is InChI=1S/C20H24N2O5/c1-13-5-6-18(11-14(13)2)27-15(3)20(24)22-21-19(23)12-26-17-9-7-16(25-4)8-10-17/h5-11,15H,12H2,1-4H3,(H,21,23)(H,22,24). The molecule has 2 aromatic carbocycles. The third kappa shape index (κ3) is 6.22. The minimum absolute atomic E-state index is 0.237. The Hall–Kier alpha value is -3.22. The molecule has 0 heterocycles. The van der Waals surface area contributed by atoms with Gasteiger partial charge in [0.25, 0.3) is 11.8 Å². The summed E-state index contributed by atoms with van der Waals surface area (Å²) in [6, 6.07) is 12.4. The van der Waals surface area contributed by atoms with Crippen molar-refractivity contribution in [3.63, 3.8) is 0 Å². The van der Waals surface area contributed by atoms with Crippen molar-refractivity contribution in [2.45, 2.75) is 26.9 Å². The zero-order chi connectivity index (χ0) is 19.8. The predicted octanol–water partition coefficient (Wildman–Crippen LogP) is 2.31. The van der Waals surface area contributed by atoms with Gasteiger partial charge in [-0.3, -0.25) is 20.4 Å². The number of ether oxygens (including phenoxy) is 3. The molecule has 2 aromatic rings. The van der Waals surface area contributed by atoms with E-state index < -0.39 is 17.9 Å². The van der Waals surface area contributed by atoms with Gasteiger partial charge >= 0.3 is 0 Å². The Morgan fingerprint density at radius 3 is 2.19 bits per heavy atom. The Labute approximate surface area is 158 Å². The summed E-state index contributed by atoms with van der Waals surface area (Å²) in [6.07, 6.45) is -0.769. The van der Waals surface area contributed by atoms with Crippen molar-refractivity contribution in [3.8, 4) is 17.2 Å². The molecule has 0 saturated carbocycles. The number of carbonyl (C=O) groups is 2. The average Bonchev–Trinajstić information content (AvgIpc) is 2.67. The van der Waals surface area contributed by atoms with Crippen molar-refractivity contribution in [2.24, 2.45) is 0 Å². The van der Waals surface area contributed by atoms with Gasteiger partial charge in [-0.15, -0.1) is 0 Å². The van der Waals surface area contributed by atoms with E-state index in [0.717, 1.165) is 11.1 Å². The number of methoxy groups -OCH3 is 1. The fourth-order valence-corrected chi connectivity index (χ4v) is 2.13. The Kier molecular flexibility index (Phi) is 7.05. The van der Waals surface area contributed by atoms with Gasteiger partial charge in [0.1, 0.15) is 17.2 Å². The summed E-state index contributed by atoms with van der Waals surface area (Å²) in [5.41, 5.74) is 6.83. The maximum absolute atomic E-state index is 12.0. The first-order valence-corrected chi connectivity index (χ1v) is 8.48. The third-order valence-electron chi connectivity index (χ3n) is 3.91. The fraction of sp³-hybridized carbons (Fsp3) is 0.300. The number of rotatable bonds is 7. The topological polar surface area (TPSA) is 85.9 Å². The normalized spacial score (nSPS) is 11.3. The van der Waals surface area contributed by atoms with Gasteiger partial charge in [0, 0.05) is 0 Å². The van der Waals surface area contributed by atoms with Crippen molar-refractivity contribution in [3.05, 3.63) is 53.6 Å². The minimum Gasteiger partial charge on any atom is -0.497 e. The van der Waals surface area contributed by atoms with E-state index in [2.05, 4.69) is 10.9 Å². The monoisotopic (exact) mass is 372 g/mol. The van der Waals surface area contributed by atoms with Crippen molar-refractivity contribution in [1.82, 2.24) is 10.9 Å². The summed E-state index contributed by atoms with van der Waals surface area (Å²) in [6.45, 7) is 5.33. The molecule has 0 bridgehead atoms. The van der Waals surface area contributed by atoms with E-state index in [4.69, 9.17) is 14.2 Å². The summed E-state index contributed by atoms with van der Waals surface area (Å²) in [5, 5.41) is 0. The highest BCUT2D eigenvalue weighted by Gasteiger charge is 2.16. The first-order chi connectivity index (χ1) is 12.9. The van der Waals surface area contributed by atoms with Gasteiger partial charge in [0.2, 0.25) is 0 Å². The van der Waals surface area contributed by atoms with Gasteiger partial charge < -0.3 is 14.2 Å². The molecule has 1 atom stereocenters. The van der Waals surface area contributed by atoms with Crippen LogP contribution >= 0.6 is 0 Å². The van der Waals surface area contributed by atoms with Crippen LogP contribution in [-0.2, 0) is 9.59 Å². The van der Waals surface area contributed by atoms with Crippen LogP contribution in [0.4, 0.5) is 0 Å². The van der Waals surface area contributed by atoms with E-state index in [-0.39, 0.29) is 6.61 Å². The number of carbonyl (C=O) groups excluding carboxylic acids is 2. The predicted molar refractivity (Wildman–Crippen MR) is 101 cm³/mol. The van der Waals surface area contributed by atoms with Crippen molar-refractivity contribution >= 4 is 11.8 Å². The van der Waals surface area contributed by atoms with E-state index in [1.165, 1.54) is 0 Å². The average molecular weight is 372 g/mol. The molecule has 0 saturated heterocycles. The van der Waals surface area contributed by atoms with Crippen LogP contribution < -0.4 is 25.1 Å². The summed E-state index contributed by atoms with van der Waals surface area (Å²) in [5.74, 6) is 0.846. The number of hydrogen-bond donors (Lipinski definition) is 2. The Morgan fingerprint density at radius 2 is 1.56 bits per heavy atom. The third-order valence-corrected chi connectivity index (χ3v) is 3.91. The van der Waals surface area contributed by atoms with Crippen LogP contribution in [0.2, 0.25) is 0 Å². The van der Waals surface area contributed by atoms with Crippen LogP contribution in [0.1, 0.15) is 18.1 Å². The smallest absolute Gasteiger partial charge is 0.279 e. The molecule has 0 spiro atoms. The first kappa shape index (κ1) is 20.1. The second-order valence-corrected chi connectivity index (χ2v) is 6.01. The quantitative estimate of drug-likeness (QED) is 0.729. The van der Waals surface area contributed by atoms with E-state index in [1.807, 2.05) is 26.0 Å². The maximum atomic E-state index is 12.0. The molecule has 0 aliphatic rings. The van der Waals surface area contributed by atoms with Gasteiger partial charge in [-0.05, 0) is 68.3 Å². The Bertz CT molecular complexity index is 789. The van der Waals surface area contributed by atoms with E-state index in [0.29, 0.717) is 17.2 Å². The SMILES string of the molecule is COc1ccc(OCC(=O)NNC(=O)C(C)Oc2ccc(C)c(C)c2)cc1. The highest BCUT2D eigenvalue weighted by molar-refractivity contribution is 5.85. The number of benzene rings is 2. The van der Waals surface area contributed by atoms with E-state index >= 15 is 0 Å². The van der Waals surface area contributed by atoms with Crippen LogP contribution in [0.5, 0.6) is 17.2 Å². The number of hydrogen-bond acceptors (Lipinski definition) is 5. The van der Waals surface area contributed by atoms with Crippen LogP contribution in [0.25, 0.3) is 0 Å². The molecule has 0 aromatic heterocycles. The van der Waals surface area contributed by atoms with Crippen LogP contribution in [0.15, 0.2) is 42.5 Å². The summed E-state index contributed by atoms with van der Waals surface area (Å²) in [4.78, 5) is 23.8. The second-order valence-electron chi connectivity index (χ2n) is 6.01. The lowest BCUT2D eigenvalue weighted by molar-refractivity contribution is -0.133. The molecular formula is C20H24N2O5. The van der Waals surface area contributed by atoms with Gasteiger partial charge in [-0.1, -0.05) is 6.07 Å². The van der Waals surface area contributed by atoms with Crippen molar-refractivity contribution in [1.29, 1.82) is 0 Å². The molecule has 2 N–H and O–H groups in total. The van der Waals surface area contributed by atoms with Gasteiger partial charge in [0.05, 0.1) is 7.11 Å². The van der Waals surface area contributed by atoms with Crippen molar-refractivity contribution < 1.29 is 23.8 Å². The lowest BCUT2D eigenvalue weighted by atomic mass is 10.1. The molecule has 7 nitrogen and oxygen atoms in total. The zero-order valence-corrected chi connectivity index (χ0v) is 15.9. The van der Waals surface area contributed by atoms with Crippen LogP contribution in [0.3, 0.4) is 0 Å². The highest BCUT2D eigenvalue weighted by Crippen LogP contribution is 2.18. The first-order valence-electron chi connectivity index (χ1n) is 8.48. The van der Waals surface area contributed by atoms with Gasteiger partial charge in [0.15, 0.2) is 12.7 Å². The molecule has 0 aliphatic heterocycles. The van der Waals surface area contributed by atoms with Gasteiger partial charge in [-0.25, -0.2) is 0 Å². The zero-order valence-electron chi connectivity index (χ0n) is 15.9. The highest BCUT2D eigenvalue weighted by atomic mass is 16.5. The minimum atomic E-state index is -0.769.